The van der Waals surface area contributed by atoms with Gasteiger partial charge in [-0.2, -0.15) is 13.9 Å². The molecule has 28 heavy (non-hydrogen) atoms. The van der Waals surface area contributed by atoms with E-state index in [2.05, 4.69) is 9.84 Å². The van der Waals surface area contributed by atoms with Crippen LogP contribution in [-0.2, 0) is 17.8 Å². The van der Waals surface area contributed by atoms with Gasteiger partial charge in [0, 0.05) is 5.56 Å². The minimum Gasteiger partial charge on any atom is -0.493 e. The van der Waals surface area contributed by atoms with Crippen molar-refractivity contribution in [2.45, 2.75) is 33.4 Å². The van der Waals surface area contributed by atoms with Crippen LogP contribution in [0.2, 0.25) is 0 Å². The van der Waals surface area contributed by atoms with Gasteiger partial charge < -0.3 is 14.6 Å². The number of hydrogen-bond donors (Lipinski definition) is 1. The van der Waals surface area contributed by atoms with Crippen LogP contribution in [0.15, 0.2) is 30.5 Å². The Morgan fingerprint density at radius 3 is 2.86 bits per heavy atom. The number of aromatic nitrogens is 2. The molecule has 1 aromatic heterocycles. The first-order valence-electron chi connectivity index (χ1n) is 8.99. The van der Waals surface area contributed by atoms with Crippen LogP contribution < -0.4 is 9.47 Å². The van der Waals surface area contributed by atoms with Gasteiger partial charge in [0.25, 0.3) is 0 Å². The van der Waals surface area contributed by atoms with Gasteiger partial charge in [0.05, 0.1) is 31.0 Å². The molecule has 0 bridgehead atoms. The summed E-state index contributed by atoms with van der Waals surface area (Å²) in [6.45, 7) is 1.89. The van der Waals surface area contributed by atoms with Crippen LogP contribution >= 0.6 is 0 Å². The highest BCUT2D eigenvalue weighted by molar-refractivity contribution is 5.76. The van der Waals surface area contributed by atoms with Crippen molar-refractivity contribution in [2.75, 3.05) is 6.61 Å². The number of benzene rings is 1. The van der Waals surface area contributed by atoms with Gasteiger partial charge in [-0.15, -0.1) is 0 Å². The first kappa shape index (κ1) is 19.9. The Morgan fingerprint density at radius 2 is 2.18 bits per heavy atom. The van der Waals surface area contributed by atoms with Crippen LogP contribution in [0.5, 0.6) is 11.5 Å². The molecule has 3 rings (SSSR count). The van der Waals surface area contributed by atoms with Crippen molar-refractivity contribution in [3.05, 3.63) is 47.3 Å². The molecule has 0 amide bonds. The van der Waals surface area contributed by atoms with E-state index in [4.69, 9.17) is 4.74 Å². The summed E-state index contributed by atoms with van der Waals surface area (Å²) in [6, 6.07) is 4.57. The second-order valence-electron chi connectivity index (χ2n) is 7.07. The Hall–Kier alpha value is -2.90. The number of rotatable bonds is 8. The molecule has 150 valence electrons. The lowest BCUT2D eigenvalue weighted by Crippen LogP contribution is -2.17. The summed E-state index contributed by atoms with van der Waals surface area (Å²) in [4.78, 5) is 11.2. The second kappa shape index (κ2) is 8.41. The highest BCUT2D eigenvalue weighted by Gasteiger charge is 2.23. The van der Waals surface area contributed by atoms with Crippen molar-refractivity contribution >= 4 is 12.0 Å². The zero-order valence-electron chi connectivity index (χ0n) is 15.6. The van der Waals surface area contributed by atoms with E-state index in [1.807, 2.05) is 13.8 Å². The topological polar surface area (TPSA) is 73.6 Å². The molecule has 0 radical (unpaired) electrons. The quantitative estimate of drug-likeness (QED) is 0.739. The zero-order valence-corrected chi connectivity index (χ0v) is 15.6. The minimum absolute atomic E-state index is 0.0457. The summed E-state index contributed by atoms with van der Waals surface area (Å²) in [7, 11) is 0. The van der Waals surface area contributed by atoms with Gasteiger partial charge in [-0.05, 0) is 42.2 Å². The molecular formula is C20H22F2N2O4. The molecule has 2 aromatic rings. The highest BCUT2D eigenvalue weighted by Crippen LogP contribution is 2.29. The van der Waals surface area contributed by atoms with E-state index in [0.717, 1.165) is 11.3 Å². The van der Waals surface area contributed by atoms with Gasteiger partial charge in [-0.1, -0.05) is 19.9 Å². The second-order valence-corrected chi connectivity index (χ2v) is 7.07. The third-order valence-electron chi connectivity index (χ3n) is 4.35. The molecule has 1 unspecified atom stereocenters. The predicted octanol–water partition coefficient (Wildman–Crippen LogP) is 3.84. The molecule has 1 atom stereocenters. The van der Waals surface area contributed by atoms with Crippen molar-refractivity contribution in [3.63, 3.8) is 0 Å². The molecule has 1 aromatic carbocycles. The number of carbonyl (C=O) groups is 1. The number of halogens is 2. The first-order chi connectivity index (χ1) is 13.3. The van der Waals surface area contributed by atoms with Crippen molar-refractivity contribution in [2.24, 2.45) is 11.8 Å². The van der Waals surface area contributed by atoms with Crippen molar-refractivity contribution in [1.82, 2.24) is 9.78 Å². The normalized spacial score (nSPS) is 15.7. The van der Waals surface area contributed by atoms with Crippen LogP contribution in [0.25, 0.3) is 6.08 Å². The lowest BCUT2D eigenvalue weighted by Gasteiger charge is -2.17. The van der Waals surface area contributed by atoms with Gasteiger partial charge in [0.15, 0.2) is 0 Å². The number of carboxylic acids is 1. The third kappa shape index (κ3) is 4.68. The maximum atomic E-state index is 12.6. The van der Waals surface area contributed by atoms with E-state index >= 15 is 0 Å². The van der Waals surface area contributed by atoms with Crippen molar-refractivity contribution in [3.8, 4) is 11.5 Å². The molecule has 0 saturated carbocycles. The molecule has 6 nitrogen and oxygen atoms in total. The third-order valence-corrected chi connectivity index (χ3v) is 4.35. The molecule has 0 saturated heterocycles. The predicted molar refractivity (Wildman–Crippen MR) is 98.6 cm³/mol. The average Bonchev–Trinajstić information content (AvgIpc) is 3.02. The molecule has 1 heterocycles. The van der Waals surface area contributed by atoms with Crippen LogP contribution in [0.3, 0.4) is 0 Å². The maximum Gasteiger partial charge on any atom is 0.387 e. The lowest BCUT2D eigenvalue weighted by molar-refractivity contribution is -0.140. The average molecular weight is 392 g/mol. The van der Waals surface area contributed by atoms with E-state index in [1.54, 1.807) is 29.1 Å². The fourth-order valence-electron chi connectivity index (χ4n) is 3.01. The lowest BCUT2D eigenvalue weighted by atomic mass is 9.94. The Balaban J connectivity index is 1.87. The Morgan fingerprint density at radius 1 is 1.39 bits per heavy atom. The van der Waals surface area contributed by atoms with E-state index in [0.29, 0.717) is 30.3 Å². The summed E-state index contributed by atoms with van der Waals surface area (Å²) in [6.07, 6.45) is 5.38. The molecule has 0 spiro atoms. The van der Waals surface area contributed by atoms with Crippen molar-refractivity contribution in [1.29, 1.82) is 0 Å². The number of aliphatic carboxylic acids is 1. The van der Waals surface area contributed by atoms with Crippen LogP contribution in [-0.4, -0.2) is 34.1 Å². The monoisotopic (exact) mass is 392 g/mol. The van der Waals surface area contributed by atoms with Crippen molar-refractivity contribution < 1.29 is 28.2 Å². The molecule has 1 aliphatic carbocycles. The number of alkyl halides is 2. The van der Waals surface area contributed by atoms with Crippen LogP contribution in [0, 0.1) is 11.8 Å². The molecule has 8 heteroatoms. The largest absolute Gasteiger partial charge is 0.493 e. The molecular weight excluding hydrogens is 370 g/mol. The molecule has 0 aliphatic heterocycles. The number of carboxylic acid groups (broad SMARTS) is 1. The number of nitrogens with zero attached hydrogens (tertiary/aromatic N) is 2. The van der Waals surface area contributed by atoms with E-state index in [9.17, 15) is 18.7 Å². The van der Waals surface area contributed by atoms with Crippen LogP contribution in [0.1, 0.15) is 30.7 Å². The Labute approximate surface area is 161 Å². The summed E-state index contributed by atoms with van der Waals surface area (Å²) in [5.41, 5.74) is 2.28. The Bertz CT molecular complexity index is 877. The fourth-order valence-corrected chi connectivity index (χ4v) is 3.01. The van der Waals surface area contributed by atoms with Gasteiger partial charge >= 0.3 is 12.6 Å². The van der Waals surface area contributed by atoms with E-state index in [-0.39, 0.29) is 12.3 Å². The summed E-state index contributed by atoms with van der Waals surface area (Å²) >= 11 is 0. The minimum atomic E-state index is -2.91. The van der Waals surface area contributed by atoms with Gasteiger partial charge in [0.1, 0.15) is 11.5 Å². The summed E-state index contributed by atoms with van der Waals surface area (Å²) < 4.78 is 37.2. The van der Waals surface area contributed by atoms with Gasteiger partial charge in [-0.3, -0.25) is 9.48 Å². The Kier molecular flexibility index (Phi) is 5.96. The summed E-state index contributed by atoms with van der Waals surface area (Å²) in [5, 5.41) is 13.5. The molecule has 1 aliphatic rings. The SMILES string of the molecule is CC(C)COc1ccc(OC(F)F)cc1Cn1ncc2c1C=CC(C(=O)O)C2. The van der Waals surface area contributed by atoms with Gasteiger partial charge in [-0.25, -0.2) is 0 Å². The van der Waals surface area contributed by atoms with E-state index in [1.165, 1.54) is 12.1 Å². The number of ether oxygens (including phenoxy) is 2. The standard InChI is InChI=1S/C20H22F2N2O4/c1-12(2)11-27-18-6-4-16(28-20(21)22)8-15(18)10-24-17-5-3-13(19(25)26)7-14(17)9-23-24/h3-6,8-9,12-13,20H,7,10-11H2,1-2H3,(H,25,26). The highest BCUT2D eigenvalue weighted by atomic mass is 19.3. The summed E-state index contributed by atoms with van der Waals surface area (Å²) in [5.74, 6) is -0.529. The first-order valence-corrected chi connectivity index (χ1v) is 8.99. The fraction of sp³-hybridized carbons (Fsp3) is 0.400. The maximum absolute atomic E-state index is 12.6. The zero-order chi connectivity index (χ0) is 20.3. The number of fused-ring (bicyclic) bond motifs is 1. The van der Waals surface area contributed by atoms with Crippen LogP contribution in [0.4, 0.5) is 8.78 Å². The molecule has 1 N–H and O–H groups in total. The van der Waals surface area contributed by atoms with E-state index < -0.39 is 18.5 Å². The number of hydrogen-bond acceptors (Lipinski definition) is 4. The molecule has 0 fully saturated rings. The smallest absolute Gasteiger partial charge is 0.387 e. The van der Waals surface area contributed by atoms with Gasteiger partial charge in [0.2, 0.25) is 0 Å².